The SMILES string of the molecule is CNC1CCN(C(=O)C(C)C2CC2)C1. The fourth-order valence-electron chi connectivity index (χ4n) is 2.28. The van der Waals surface area contributed by atoms with Crippen molar-refractivity contribution < 1.29 is 4.79 Å². The van der Waals surface area contributed by atoms with Crippen LogP contribution in [-0.4, -0.2) is 37.0 Å². The van der Waals surface area contributed by atoms with E-state index in [0.717, 1.165) is 19.5 Å². The zero-order chi connectivity index (χ0) is 10.1. The first-order valence-electron chi connectivity index (χ1n) is 5.68. The lowest BCUT2D eigenvalue weighted by molar-refractivity contribution is -0.134. The van der Waals surface area contributed by atoms with Gasteiger partial charge in [0.2, 0.25) is 5.91 Å². The van der Waals surface area contributed by atoms with Gasteiger partial charge in [-0.05, 0) is 32.2 Å². The highest BCUT2D eigenvalue weighted by Gasteiger charge is 2.36. The summed E-state index contributed by atoms with van der Waals surface area (Å²) in [5, 5.41) is 3.24. The van der Waals surface area contributed by atoms with Crippen molar-refractivity contribution in [3.8, 4) is 0 Å². The van der Waals surface area contributed by atoms with Crippen LogP contribution in [0, 0.1) is 11.8 Å². The average Bonchev–Trinajstić information content (AvgIpc) is 2.94. The molecular formula is C11H20N2O. The standard InChI is InChI=1S/C11H20N2O/c1-8(9-3-4-9)11(14)13-6-5-10(7-13)12-2/h8-10,12H,3-7H2,1-2H3. The van der Waals surface area contributed by atoms with Crippen molar-refractivity contribution in [2.24, 2.45) is 11.8 Å². The number of hydrogen-bond acceptors (Lipinski definition) is 2. The number of amides is 1. The molecule has 0 aromatic rings. The topological polar surface area (TPSA) is 32.3 Å². The molecule has 2 unspecified atom stereocenters. The van der Waals surface area contributed by atoms with E-state index in [1.165, 1.54) is 12.8 Å². The second kappa shape index (κ2) is 3.89. The van der Waals surface area contributed by atoms with Crippen LogP contribution in [0.15, 0.2) is 0 Å². The molecular weight excluding hydrogens is 176 g/mol. The monoisotopic (exact) mass is 196 g/mol. The van der Waals surface area contributed by atoms with Crippen molar-refractivity contribution in [2.45, 2.75) is 32.2 Å². The molecule has 0 aromatic carbocycles. The summed E-state index contributed by atoms with van der Waals surface area (Å²) in [6.07, 6.45) is 3.63. The Morgan fingerprint density at radius 3 is 2.64 bits per heavy atom. The molecule has 1 aliphatic heterocycles. The maximum absolute atomic E-state index is 12.0. The summed E-state index contributed by atoms with van der Waals surface area (Å²) in [5.74, 6) is 1.34. The Balaban J connectivity index is 1.85. The molecule has 1 saturated heterocycles. The molecule has 1 amide bonds. The Bertz CT molecular complexity index is 225. The van der Waals surface area contributed by atoms with Crippen LogP contribution in [0.25, 0.3) is 0 Å². The van der Waals surface area contributed by atoms with E-state index in [0.29, 0.717) is 17.9 Å². The lowest BCUT2D eigenvalue weighted by Gasteiger charge is -2.20. The zero-order valence-corrected chi connectivity index (χ0v) is 9.12. The summed E-state index contributed by atoms with van der Waals surface area (Å²) < 4.78 is 0. The van der Waals surface area contributed by atoms with Crippen molar-refractivity contribution in [1.29, 1.82) is 0 Å². The van der Waals surface area contributed by atoms with Crippen molar-refractivity contribution in [3.63, 3.8) is 0 Å². The van der Waals surface area contributed by atoms with E-state index < -0.39 is 0 Å². The first-order chi connectivity index (χ1) is 6.72. The van der Waals surface area contributed by atoms with E-state index in [-0.39, 0.29) is 5.92 Å². The summed E-state index contributed by atoms with van der Waals surface area (Å²) in [5.41, 5.74) is 0. The Morgan fingerprint density at radius 1 is 1.43 bits per heavy atom. The summed E-state index contributed by atoms with van der Waals surface area (Å²) >= 11 is 0. The smallest absolute Gasteiger partial charge is 0.225 e. The van der Waals surface area contributed by atoms with Gasteiger partial charge in [0.1, 0.15) is 0 Å². The minimum absolute atomic E-state index is 0.269. The van der Waals surface area contributed by atoms with Gasteiger partial charge in [0.15, 0.2) is 0 Å². The molecule has 0 bridgehead atoms. The number of hydrogen-bond donors (Lipinski definition) is 1. The summed E-state index contributed by atoms with van der Waals surface area (Å²) in [4.78, 5) is 14.0. The second-order valence-electron chi connectivity index (χ2n) is 4.68. The molecule has 0 spiro atoms. The Labute approximate surface area is 85.8 Å². The summed E-state index contributed by atoms with van der Waals surface area (Å²) in [7, 11) is 1.98. The van der Waals surface area contributed by atoms with Crippen LogP contribution in [0.4, 0.5) is 0 Å². The number of nitrogens with one attached hydrogen (secondary N) is 1. The van der Waals surface area contributed by atoms with Gasteiger partial charge in [-0.15, -0.1) is 0 Å². The van der Waals surface area contributed by atoms with Crippen LogP contribution in [0.5, 0.6) is 0 Å². The fraction of sp³-hybridized carbons (Fsp3) is 0.909. The molecule has 80 valence electrons. The van der Waals surface area contributed by atoms with Crippen LogP contribution in [0.3, 0.4) is 0 Å². The van der Waals surface area contributed by atoms with E-state index in [4.69, 9.17) is 0 Å². The third-order valence-electron chi connectivity index (χ3n) is 3.63. The molecule has 1 heterocycles. The van der Waals surface area contributed by atoms with Crippen molar-refractivity contribution in [3.05, 3.63) is 0 Å². The molecule has 1 N–H and O–H groups in total. The number of nitrogens with zero attached hydrogens (tertiary/aromatic N) is 1. The van der Waals surface area contributed by atoms with Gasteiger partial charge in [-0.25, -0.2) is 0 Å². The first kappa shape index (κ1) is 9.97. The molecule has 0 radical (unpaired) electrons. The van der Waals surface area contributed by atoms with Crippen molar-refractivity contribution in [2.75, 3.05) is 20.1 Å². The van der Waals surface area contributed by atoms with Gasteiger partial charge in [-0.3, -0.25) is 4.79 Å². The lowest BCUT2D eigenvalue weighted by atomic mass is 10.1. The number of likely N-dealkylation sites (tertiary alicyclic amines) is 1. The van der Waals surface area contributed by atoms with E-state index in [1.807, 2.05) is 11.9 Å². The van der Waals surface area contributed by atoms with E-state index in [2.05, 4.69) is 12.2 Å². The highest BCUT2D eigenvalue weighted by atomic mass is 16.2. The number of carbonyl (C=O) groups is 1. The van der Waals surface area contributed by atoms with Gasteiger partial charge in [0.05, 0.1) is 0 Å². The Kier molecular flexibility index (Phi) is 2.77. The van der Waals surface area contributed by atoms with E-state index in [9.17, 15) is 4.79 Å². The molecule has 1 aliphatic carbocycles. The minimum Gasteiger partial charge on any atom is -0.341 e. The first-order valence-corrected chi connectivity index (χ1v) is 5.68. The molecule has 2 rings (SSSR count). The Morgan fingerprint density at radius 2 is 2.14 bits per heavy atom. The van der Waals surface area contributed by atoms with Gasteiger partial charge in [0.25, 0.3) is 0 Å². The third kappa shape index (κ3) is 1.92. The molecule has 3 heteroatoms. The Hall–Kier alpha value is -0.570. The van der Waals surface area contributed by atoms with Crippen LogP contribution < -0.4 is 5.32 Å². The molecule has 2 aliphatic rings. The highest BCUT2D eigenvalue weighted by Crippen LogP contribution is 2.37. The molecule has 14 heavy (non-hydrogen) atoms. The molecule has 2 atom stereocenters. The number of carbonyl (C=O) groups excluding carboxylic acids is 1. The normalized spacial score (nSPS) is 29.3. The van der Waals surface area contributed by atoms with E-state index >= 15 is 0 Å². The summed E-state index contributed by atoms with van der Waals surface area (Å²) in [6.45, 7) is 3.94. The molecule has 0 aromatic heterocycles. The molecule has 3 nitrogen and oxygen atoms in total. The van der Waals surface area contributed by atoms with Crippen LogP contribution in [0.1, 0.15) is 26.2 Å². The van der Waals surface area contributed by atoms with E-state index in [1.54, 1.807) is 0 Å². The number of rotatable bonds is 3. The number of likely N-dealkylation sites (N-methyl/N-ethyl adjacent to an activating group) is 1. The van der Waals surface area contributed by atoms with Crippen LogP contribution >= 0.6 is 0 Å². The van der Waals surface area contributed by atoms with Crippen molar-refractivity contribution >= 4 is 5.91 Å². The van der Waals surface area contributed by atoms with Crippen molar-refractivity contribution in [1.82, 2.24) is 10.2 Å². The zero-order valence-electron chi connectivity index (χ0n) is 9.12. The van der Waals surface area contributed by atoms with Gasteiger partial charge >= 0.3 is 0 Å². The molecule has 1 saturated carbocycles. The van der Waals surface area contributed by atoms with Crippen LogP contribution in [-0.2, 0) is 4.79 Å². The van der Waals surface area contributed by atoms with Gasteiger partial charge in [-0.1, -0.05) is 6.92 Å². The highest BCUT2D eigenvalue weighted by molar-refractivity contribution is 5.79. The maximum atomic E-state index is 12.0. The van der Waals surface area contributed by atoms with Crippen LogP contribution in [0.2, 0.25) is 0 Å². The predicted molar refractivity (Wildman–Crippen MR) is 55.9 cm³/mol. The van der Waals surface area contributed by atoms with Gasteiger partial charge in [0, 0.05) is 25.0 Å². The molecule has 2 fully saturated rings. The fourth-order valence-corrected chi connectivity index (χ4v) is 2.28. The lowest BCUT2D eigenvalue weighted by Crippen LogP contribution is -2.36. The maximum Gasteiger partial charge on any atom is 0.225 e. The summed E-state index contributed by atoms with van der Waals surface area (Å²) in [6, 6.07) is 0.519. The van der Waals surface area contributed by atoms with Gasteiger partial charge < -0.3 is 10.2 Å². The quantitative estimate of drug-likeness (QED) is 0.726. The largest absolute Gasteiger partial charge is 0.341 e. The third-order valence-corrected chi connectivity index (χ3v) is 3.63. The minimum atomic E-state index is 0.269. The second-order valence-corrected chi connectivity index (χ2v) is 4.68. The average molecular weight is 196 g/mol. The predicted octanol–water partition coefficient (Wildman–Crippen LogP) is 0.853. The van der Waals surface area contributed by atoms with Gasteiger partial charge in [-0.2, -0.15) is 0 Å².